The van der Waals surface area contributed by atoms with Crippen molar-refractivity contribution >= 4 is 34.6 Å². The van der Waals surface area contributed by atoms with E-state index in [4.69, 9.17) is 37.4 Å². The summed E-state index contributed by atoms with van der Waals surface area (Å²) in [5.41, 5.74) is -5.64. The Kier molecular flexibility index (Phi) is 11.1. The van der Waals surface area contributed by atoms with E-state index in [1.165, 1.54) is 0 Å². The highest BCUT2D eigenvalue weighted by atomic mass is 35.5. The van der Waals surface area contributed by atoms with Gasteiger partial charge in [-0.15, -0.1) is 0 Å². The van der Waals surface area contributed by atoms with Gasteiger partial charge in [-0.05, 0) is 36.4 Å². The molecule has 4 aromatic rings. The van der Waals surface area contributed by atoms with E-state index in [2.05, 4.69) is 0 Å². The highest BCUT2D eigenvalue weighted by molar-refractivity contribution is 6.34. The van der Waals surface area contributed by atoms with E-state index < -0.39 is 115 Å². The van der Waals surface area contributed by atoms with Crippen LogP contribution < -0.4 is 14.2 Å². The van der Waals surface area contributed by atoms with Crippen molar-refractivity contribution in [1.29, 1.82) is 0 Å². The molecule has 0 atom stereocenters. The number of halogens is 10. The zero-order valence-electron chi connectivity index (χ0n) is 24.1. The van der Waals surface area contributed by atoms with Gasteiger partial charge < -0.3 is 14.2 Å². The lowest BCUT2D eigenvalue weighted by molar-refractivity contribution is -0.385. The van der Waals surface area contributed by atoms with Crippen LogP contribution in [0.4, 0.5) is 46.5 Å². The van der Waals surface area contributed by atoms with Crippen molar-refractivity contribution in [3.63, 3.8) is 0 Å². The van der Waals surface area contributed by atoms with Crippen LogP contribution >= 0.6 is 23.2 Å². The van der Waals surface area contributed by atoms with Gasteiger partial charge in [0.1, 0.15) is 38.1 Å². The molecular weight excluding hydrogens is 723 g/mol. The maximum Gasteiger partial charge on any atom is 0.416 e. The van der Waals surface area contributed by atoms with Crippen molar-refractivity contribution in [2.75, 3.05) is 26.6 Å². The molecule has 0 amide bonds. The predicted octanol–water partition coefficient (Wildman–Crippen LogP) is 10.7. The summed E-state index contributed by atoms with van der Waals surface area (Å²) in [7, 11) is 0. The first-order chi connectivity index (χ1) is 23.0. The summed E-state index contributed by atoms with van der Waals surface area (Å²) in [5, 5.41) is 22.6. The quantitative estimate of drug-likeness (QED) is 0.0807. The highest BCUT2D eigenvalue weighted by Gasteiger charge is 2.35. The number of benzene rings is 4. The van der Waals surface area contributed by atoms with E-state index in [1.807, 2.05) is 0 Å². The van der Waals surface area contributed by atoms with Crippen LogP contribution in [0.15, 0.2) is 60.7 Å². The summed E-state index contributed by atoms with van der Waals surface area (Å²) >= 11 is 12.5. The molecule has 0 saturated carbocycles. The molecule has 0 heterocycles. The Morgan fingerprint density at radius 3 is 1.27 bits per heavy atom. The first-order valence-corrected chi connectivity index (χ1v) is 14.2. The SMILES string of the molecule is O=[N+]([O-])c1ccc(Oc2ccc([N+](=O)[O-])c(OCCF)c2-c2ccc(C(F)(F)F)cc2Cl)c(-c2ccc(C(F)(F)F)cc2Cl)c1OCCF. The van der Waals surface area contributed by atoms with Crippen molar-refractivity contribution in [3.05, 3.63) is 102 Å². The fraction of sp³-hybridized carbons (Fsp3) is 0.200. The van der Waals surface area contributed by atoms with E-state index >= 15 is 0 Å². The number of nitrogens with zero attached hydrogens (tertiary/aromatic N) is 2. The van der Waals surface area contributed by atoms with Crippen LogP contribution in [0, 0.1) is 20.2 Å². The van der Waals surface area contributed by atoms with Gasteiger partial charge in [0, 0.05) is 33.3 Å². The fourth-order valence-electron chi connectivity index (χ4n) is 4.56. The molecule has 0 radical (unpaired) electrons. The van der Waals surface area contributed by atoms with E-state index in [1.54, 1.807) is 0 Å². The maximum atomic E-state index is 13.4. The molecular formula is C30H18Cl2F8N2O7. The number of ether oxygens (including phenoxy) is 3. The van der Waals surface area contributed by atoms with Crippen molar-refractivity contribution in [2.24, 2.45) is 0 Å². The molecule has 0 unspecified atom stereocenters. The highest BCUT2D eigenvalue weighted by Crippen LogP contribution is 2.53. The summed E-state index contributed by atoms with van der Waals surface area (Å²) in [6, 6.07) is 7.41. The van der Waals surface area contributed by atoms with Crippen LogP contribution in [-0.4, -0.2) is 36.4 Å². The van der Waals surface area contributed by atoms with E-state index in [-0.39, 0.29) is 11.1 Å². The Hall–Kier alpha value is -4.90. The topological polar surface area (TPSA) is 114 Å². The predicted molar refractivity (Wildman–Crippen MR) is 160 cm³/mol. The van der Waals surface area contributed by atoms with Gasteiger partial charge in [-0.1, -0.05) is 35.3 Å². The van der Waals surface area contributed by atoms with Crippen molar-refractivity contribution in [2.45, 2.75) is 12.4 Å². The number of hydrogen-bond donors (Lipinski definition) is 0. The van der Waals surface area contributed by atoms with Gasteiger partial charge in [-0.3, -0.25) is 20.2 Å². The minimum absolute atomic E-state index is 0.341. The van der Waals surface area contributed by atoms with Crippen LogP contribution in [0.25, 0.3) is 22.3 Å². The summed E-state index contributed by atoms with van der Waals surface area (Å²) in [6.45, 7) is -3.89. The third-order valence-corrected chi connectivity index (χ3v) is 7.21. The molecule has 0 N–H and O–H groups in total. The van der Waals surface area contributed by atoms with Crippen molar-refractivity contribution in [3.8, 4) is 45.3 Å². The van der Waals surface area contributed by atoms with Crippen molar-refractivity contribution < 1.29 is 59.2 Å². The van der Waals surface area contributed by atoms with Crippen LogP contribution in [0.1, 0.15) is 11.1 Å². The molecule has 0 spiro atoms. The monoisotopic (exact) mass is 740 g/mol. The second-order valence-electron chi connectivity index (χ2n) is 9.65. The molecule has 0 aliphatic rings. The van der Waals surface area contributed by atoms with Crippen LogP contribution in [0.3, 0.4) is 0 Å². The standard InChI is InChI=1S/C30H18Cl2F8N2O7/c31-19-13-15(29(35,36)37)1-3-17(19)25-23(7-5-21(41(43)44)27(25)47-11-9-33)49-24-8-6-22(42(45)46)28(48-12-10-34)26(24)18-4-2-16(14-20(18)32)30(38,39)40/h1-8,13-14H,9-12H2. The minimum atomic E-state index is -4.86. The third kappa shape index (κ3) is 8.05. The third-order valence-electron chi connectivity index (χ3n) is 6.59. The molecule has 0 bridgehead atoms. The maximum absolute atomic E-state index is 13.4. The number of rotatable bonds is 12. The second-order valence-corrected chi connectivity index (χ2v) is 10.5. The first-order valence-electron chi connectivity index (χ1n) is 13.4. The molecule has 0 fully saturated rings. The summed E-state index contributed by atoms with van der Waals surface area (Å²) in [6.07, 6.45) is -9.72. The molecule has 0 aliphatic heterocycles. The number of nitro groups is 2. The zero-order chi connectivity index (χ0) is 36.3. The van der Waals surface area contributed by atoms with E-state index in [0.29, 0.717) is 24.3 Å². The average molecular weight is 741 g/mol. The van der Waals surface area contributed by atoms with Crippen LogP contribution in [0.5, 0.6) is 23.0 Å². The van der Waals surface area contributed by atoms with E-state index in [9.17, 15) is 55.4 Å². The largest absolute Gasteiger partial charge is 0.484 e. The van der Waals surface area contributed by atoms with Crippen LogP contribution in [-0.2, 0) is 12.4 Å². The Morgan fingerprint density at radius 1 is 0.612 bits per heavy atom. The molecule has 4 rings (SSSR count). The molecule has 19 heteroatoms. The van der Waals surface area contributed by atoms with Gasteiger partial charge in [0.2, 0.25) is 11.5 Å². The lowest BCUT2D eigenvalue weighted by Crippen LogP contribution is -2.07. The molecule has 0 aliphatic carbocycles. The van der Waals surface area contributed by atoms with Gasteiger partial charge in [-0.25, -0.2) is 8.78 Å². The van der Waals surface area contributed by atoms with Crippen molar-refractivity contribution in [1.82, 2.24) is 0 Å². The number of alkyl halides is 8. The van der Waals surface area contributed by atoms with Gasteiger partial charge in [0.05, 0.1) is 32.1 Å². The van der Waals surface area contributed by atoms with Crippen LogP contribution in [0.2, 0.25) is 10.0 Å². The van der Waals surface area contributed by atoms with E-state index in [0.717, 1.165) is 36.4 Å². The van der Waals surface area contributed by atoms with Gasteiger partial charge in [0.15, 0.2) is 0 Å². The molecule has 0 saturated heterocycles. The normalized spacial score (nSPS) is 11.7. The summed E-state index contributed by atoms with van der Waals surface area (Å²) in [4.78, 5) is 22.0. The lowest BCUT2D eigenvalue weighted by atomic mass is 9.99. The lowest BCUT2D eigenvalue weighted by Gasteiger charge is -2.21. The second kappa shape index (κ2) is 14.7. The Morgan fingerprint density at radius 2 is 0.980 bits per heavy atom. The van der Waals surface area contributed by atoms with Gasteiger partial charge in [0.25, 0.3) is 0 Å². The molecule has 260 valence electrons. The van der Waals surface area contributed by atoms with Gasteiger partial charge >= 0.3 is 23.7 Å². The fourth-order valence-corrected chi connectivity index (χ4v) is 5.11. The molecule has 9 nitrogen and oxygen atoms in total. The smallest absolute Gasteiger partial charge is 0.416 e. The Balaban J connectivity index is 2.07. The summed E-state index contributed by atoms with van der Waals surface area (Å²) < 4.78 is 124. The number of nitro benzene ring substituents is 2. The zero-order valence-corrected chi connectivity index (χ0v) is 25.6. The first kappa shape index (κ1) is 36.9. The molecule has 49 heavy (non-hydrogen) atoms. The molecule has 4 aromatic carbocycles. The van der Waals surface area contributed by atoms with Gasteiger partial charge in [-0.2, -0.15) is 26.3 Å². The molecule has 0 aromatic heterocycles. The Bertz CT molecular complexity index is 1770. The average Bonchev–Trinajstić information content (AvgIpc) is 3.01. The Labute approximate surface area is 279 Å². The summed E-state index contributed by atoms with van der Waals surface area (Å²) in [5.74, 6) is -2.36. The number of hydrogen-bond acceptors (Lipinski definition) is 7. The minimum Gasteiger partial charge on any atom is -0.484 e.